The standard InChI is InChI=1S/C17H15BrClNO/c1-11(20-10-12-4-2-3-5-15(12)19)17-9-13-8-14(18)6-7-16(13)21-17/h2-9,11,20H,10H2,1H3. The van der Waals surface area contributed by atoms with Crippen molar-refractivity contribution in [2.45, 2.75) is 19.5 Å². The zero-order valence-corrected chi connectivity index (χ0v) is 13.9. The molecule has 0 saturated heterocycles. The van der Waals surface area contributed by atoms with Gasteiger partial charge in [0.2, 0.25) is 0 Å². The van der Waals surface area contributed by atoms with Gasteiger partial charge < -0.3 is 9.73 Å². The van der Waals surface area contributed by atoms with Crippen LogP contribution in [0, 0.1) is 0 Å². The molecule has 0 amide bonds. The Bertz CT molecular complexity index is 768. The molecule has 1 heterocycles. The number of furan rings is 1. The molecular formula is C17H15BrClNO. The highest BCUT2D eigenvalue weighted by atomic mass is 79.9. The van der Waals surface area contributed by atoms with Crippen LogP contribution < -0.4 is 5.32 Å². The van der Waals surface area contributed by atoms with E-state index in [-0.39, 0.29) is 6.04 Å². The third kappa shape index (κ3) is 3.31. The van der Waals surface area contributed by atoms with Crippen LogP contribution in [0.5, 0.6) is 0 Å². The highest BCUT2D eigenvalue weighted by molar-refractivity contribution is 9.10. The Morgan fingerprint density at radius 1 is 1.19 bits per heavy atom. The fourth-order valence-electron chi connectivity index (χ4n) is 2.25. The van der Waals surface area contributed by atoms with E-state index in [0.29, 0.717) is 6.54 Å². The molecule has 0 bridgehead atoms. The molecule has 4 heteroatoms. The Labute approximate surface area is 137 Å². The lowest BCUT2D eigenvalue weighted by atomic mass is 10.2. The van der Waals surface area contributed by atoms with Crippen molar-refractivity contribution in [2.75, 3.05) is 0 Å². The monoisotopic (exact) mass is 363 g/mol. The molecule has 1 N–H and O–H groups in total. The van der Waals surface area contributed by atoms with Gasteiger partial charge in [0.1, 0.15) is 11.3 Å². The molecule has 0 radical (unpaired) electrons. The van der Waals surface area contributed by atoms with E-state index in [1.165, 1.54) is 0 Å². The predicted molar refractivity (Wildman–Crippen MR) is 90.6 cm³/mol. The van der Waals surface area contributed by atoms with E-state index < -0.39 is 0 Å². The molecular weight excluding hydrogens is 350 g/mol. The summed E-state index contributed by atoms with van der Waals surface area (Å²) in [5, 5.41) is 5.33. The van der Waals surface area contributed by atoms with Gasteiger partial charge in [-0.1, -0.05) is 45.7 Å². The zero-order chi connectivity index (χ0) is 14.8. The van der Waals surface area contributed by atoms with E-state index in [1.54, 1.807) is 0 Å². The molecule has 1 atom stereocenters. The molecule has 0 aliphatic carbocycles. The lowest BCUT2D eigenvalue weighted by molar-refractivity contribution is 0.451. The second kappa shape index (κ2) is 6.22. The van der Waals surface area contributed by atoms with Gasteiger partial charge in [-0.2, -0.15) is 0 Å². The van der Waals surface area contributed by atoms with Gasteiger partial charge in [-0.15, -0.1) is 0 Å². The van der Waals surface area contributed by atoms with Crippen molar-refractivity contribution in [2.24, 2.45) is 0 Å². The number of nitrogens with one attached hydrogen (secondary N) is 1. The van der Waals surface area contributed by atoms with Crippen molar-refractivity contribution in [1.82, 2.24) is 5.32 Å². The van der Waals surface area contributed by atoms with Crippen LogP contribution in [0.25, 0.3) is 11.0 Å². The summed E-state index contributed by atoms with van der Waals surface area (Å²) in [5.41, 5.74) is 1.99. The summed E-state index contributed by atoms with van der Waals surface area (Å²) < 4.78 is 6.94. The average molecular weight is 365 g/mol. The lowest BCUT2D eigenvalue weighted by Gasteiger charge is -2.12. The summed E-state index contributed by atoms with van der Waals surface area (Å²) in [6, 6.07) is 16.1. The minimum atomic E-state index is 0.118. The SMILES string of the molecule is CC(NCc1ccccc1Cl)c1cc2cc(Br)ccc2o1. The molecule has 2 nitrogen and oxygen atoms in total. The molecule has 1 aromatic heterocycles. The molecule has 0 saturated carbocycles. The van der Waals surface area contributed by atoms with E-state index in [4.69, 9.17) is 16.0 Å². The number of benzene rings is 2. The molecule has 0 spiro atoms. The molecule has 3 rings (SSSR count). The highest BCUT2D eigenvalue weighted by Crippen LogP contribution is 2.27. The summed E-state index contributed by atoms with van der Waals surface area (Å²) in [5.74, 6) is 0.926. The minimum Gasteiger partial charge on any atom is -0.459 e. The Kier molecular flexibility index (Phi) is 4.34. The summed E-state index contributed by atoms with van der Waals surface area (Å²) in [6.07, 6.45) is 0. The van der Waals surface area contributed by atoms with Gasteiger partial charge >= 0.3 is 0 Å². The van der Waals surface area contributed by atoms with Crippen molar-refractivity contribution in [1.29, 1.82) is 0 Å². The van der Waals surface area contributed by atoms with E-state index in [2.05, 4.69) is 40.3 Å². The van der Waals surface area contributed by atoms with Crippen LogP contribution in [0.15, 0.2) is 57.4 Å². The topological polar surface area (TPSA) is 25.2 Å². The average Bonchev–Trinajstić information content (AvgIpc) is 2.89. The van der Waals surface area contributed by atoms with E-state index >= 15 is 0 Å². The van der Waals surface area contributed by atoms with Gasteiger partial charge in [-0.05, 0) is 42.8 Å². The van der Waals surface area contributed by atoms with Crippen molar-refractivity contribution >= 4 is 38.5 Å². The van der Waals surface area contributed by atoms with Gasteiger partial charge in [0, 0.05) is 21.4 Å². The number of fused-ring (bicyclic) bond motifs is 1. The second-order valence-electron chi connectivity index (χ2n) is 5.02. The summed E-state index contributed by atoms with van der Waals surface area (Å²) in [6.45, 7) is 2.80. The molecule has 0 fully saturated rings. The van der Waals surface area contributed by atoms with Gasteiger partial charge in [0.15, 0.2) is 0 Å². The van der Waals surface area contributed by atoms with Crippen LogP contribution in [0.1, 0.15) is 24.3 Å². The van der Waals surface area contributed by atoms with Gasteiger partial charge in [-0.25, -0.2) is 0 Å². The Morgan fingerprint density at radius 2 is 2.00 bits per heavy atom. The predicted octanol–water partition coefficient (Wildman–Crippen LogP) is 5.70. The molecule has 2 aromatic carbocycles. The van der Waals surface area contributed by atoms with Crippen LogP contribution in [0.3, 0.4) is 0 Å². The van der Waals surface area contributed by atoms with E-state index in [1.807, 2.05) is 36.4 Å². The smallest absolute Gasteiger partial charge is 0.134 e. The third-order valence-electron chi connectivity index (χ3n) is 3.48. The first kappa shape index (κ1) is 14.6. The molecule has 3 aromatic rings. The fourth-order valence-corrected chi connectivity index (χ4v) is 2.83. The molecule has 0 aliphatic rings. The van der Waals surface area contributed by atoms with E-state index in [0.717, 1.165) is 31.8 Å². The lowest BCUT2D eigenvalue weighted by Crippen LogP contribution is -2.17. The van der Waals surface area contributed by atoms with Crippen LogP contribution in [0.2, 0.25) is 5.02 Å². The maximum Gasteiger partial charge on any atom is 0.134 e. The molecule has 0 aliphatic heterocycles. The van der Waals surface area contributed by atoms with E-state index in [9.17, 15) is 0 Å². The number of halogens is 2. The Balaban J connectivity index is 1.75. The van der Waals surface area contributed by atoms with Crippen LogP contribution in [-0.4, -0.2) is 0 Å². The maximum absolute atomic E-state index is 6.17. The summed E-state index contributed by atoms with van der Waals surface area (Å²) in [7, 11) is 0. The van der Waals surface area contributed by atoms with Crippen LogP contribution >= 0.6 is 27.5 Å². The zero-order valence-electron chi connectivity index (χ0n) is 11.6. The summed E-state index contributed by atoms with van der Waals surface area (Å²) >= 11 is 9.64. The number of hydrogen-bond acceptors (Lipinski definition) is 2. The maximum atomic E-state index is 6.17. The third-order valence-corrected chi connectivity index (χ3v) is 4.34. The van der Waals surface area contributed by atoms with Crippen molar-refractivity contribution < 1.29 is 4.42 Å². The van der Waals surface area contributed by atoms with Gasteiger partial charge in [-0.3, -0.25) is 0 Å². The fraction of sp³-hybridized carbons (Fsp3) is 0.176. The quantitative estimate of drug-likeness (QED) is 0.642. The van der Waals surface area contributed by atoms with Crippen molar-refractivity contribution in [3.63, 3.8) is 0 Å². The van der Waals surface area contributed by atoms with Crippen LogP contribution in [-0.2, 0) is 6.54 Å². The van der Waals surface area contributed by atoms with Crippen molar-refractivity contribution in [3.8, 4) is 0 Å². The Morgan fingerprint density at radius 3 is 2.81 bits per heavy atom. The molecule has 1 unspecified atom stereocenters. The first-order chi connectivity index (χ1) is 10.1. The molecule has 21 heavy (non-hydrogen) atoms. The Hall–Kier alpha value is -1.29. The van der Waals surface area contributed by atoms with Gasteiger partial charge in [0.05, 0.1) is 6.04 Å². The van der Waals surface area contributed by atoms with Crippen LogP contribution in [0.4, 0.5) is 0 Å². The molecule has 108 valence electrons. The number of rotatable bonds is 4. The normalized spacial score (nSPS) is 12.7. The number of hydrogen-bond donors (Lipinski definition) is 1. The van der Waals surface area contributed by atoms with Crippen molar-refractivity contribution in [3.05, 3.63) is 69.3 Å². The second-order valence-corrected chi connectivity index (χ2v) is 6.35. The largest absolute Gasteiger partial charge is 0.459 e. The first-order valence-electron chi connectivity index (χ1n) is 6.79. The minimum absolute atomic E-state index is 0.118. The summed E-state index contributed by atoms with van der Waals surface area (Å²) in [4.78, 5) is 0. The highest BCUT2D eigenvalue weighted by Gasteiger charge is 2.12. The first-order valence-corrected chi connectivity index (χ1v) is 7.96. The van der Waals surface area contributed by atoms with Gasteiger partial charge in [0.25, 0.3) is 0 Å².